The molecule has 2 atom stereocenters. The van der Waals surface area contributed by atoms with Crippen molar-refractivity contribution < 1.29 is 47.9 Å². The van der Waals surface area contributed by atoms with Crippen molar-refractivity contribution in [2.24, 2.45) is 5.92 Å². The molecule has 2 aromatic rings. The van der Waals surface area contributed by atoms with Crippen molar-refractivity contribution in [3.8, 4) is 5.75 Å². The number of anilines is 1. The molecule has 49 heavy (non-hydrogen) atoms. The molecule has 3 N–H and O–H groups in total. The molecule has 1 aliphatic heterocycles. The summed E-state index contributed by atoms with van der Waals surface area (Å²) in [4.78, 5) is 85.4. The fraction of sp³-hybridized carbons (Fsp3) is 0.355. The predicted molar refractivity (Wildman–Crippen MR) is 180 cm³/mol. The van der Waals surface area contributed by atoms with Crippen LogP contribution in [0.1, 0.15) is 32.8 Å². The normalized spacial score (nSPS) is 14.0. The number of benzene rings is 2. The van der Waals surface area contributed by atoms with E-state index in [-0.39, 0.29) is 59.1 Å². The Morgan fingerprint density at radius 2 is 1.49 bits per heavy atom. The van der Waals surface area contributed by atoms with Gasteiger partial charge >= 0.3 is 6.16 Å². The number of rotatable bonds is 16. The highest BCUT2D eigenvalue weighted by atomic mass is 79.9. The highest BCUT2D eigenvalue weighted by Crippen LogP contribution is 2.29. The standard InChI is InChI=1S/C31H33Br2N5O11/c1-17(2)26(36-23(39)12-14-47-15-13-37-29(42)24(32)25(33)30(37)43)28(41)34-18(3)27(40)35-20-6-4-19(5-7-20)16-48-31(44)49-22-10-8-21(9-11-22)38(45)46/h4-11,17-18,26H,12-16H2,1-3H3,(H,34,41)(H,35,40)(H,36,39)/t18-,26-/m0/s1. The van der Waals surface area contributed by atoms with Gasteiger partial charge in [-0.15, -0.1) is 0 Å². The predicted octanol–water partition coefficient (Wildman–Crippen LogP) is 3.67. The lowest BCUT2D eigenvalue weighted by atomic mass is 10.0. The fourth-order valence-corrected chi connectivity index (χ4v) is 4.90. The van der Waals surface area contributed by atoms with Crippen LogP contribution in [0, 0.1) is 16.0 Å². The zero-order valence-corrected chi connectivity index (χ0v) is 29.7. The number of imide groups is 1. The quantitative estimate of drug-likeness (QED) is 0.0556. The summed E-state index contributed by atoms with van der Waals surface area (Å²) in [5, 5.41) is 18.6. The first-order valence-corrected chi connectivity index (χ1v) is 16.3. The van der Waals surface area contributed by atoms with Crippen LogP contribution in [-0.4, -0.2) is 77.4 Å². The van der Waals surface area contributed by atoms with Gasteiger partial charge in [-0.2, -0.15) is 0 Å². The van der Waals surface area contributed by atoms with Crippen LogP contribution < -0.4 is 20.7 Å². The molecule has 0 saturated carbocycles. The van der Waals surface area contributed by atoms with Gasteiger partial charge < -0.3 is 30.2 Å². The van der Waals surface area contributed by atoms with Crippen LogP contribution in [0.15, 0.2) is 57.5 Å². The summed E-state index contributed by atoms with van der Waals surface area (Å²) >= 11 is 6.08. The van der Waals surface area contributed by atoms with E-state index in [2.05, 4.69) is 47.8 Å². The summed E-state index contributed by atoms with van der Waals surface area (Å²) in [5.41, 5.74) is 0.836. The molecular weight excluding hydrogens is 778 g/mol. The Labute approximate surface area is 297 Å². The van der Waals surface area contributed by atoms with E-state index in [9.17, 15) is 38.9 Å². The van der Waals surface area contributed by atoms with Crippen LogP contribution in [0.2, 0.25) is 0 Å². The molecule has 5 amide bonds. The number of carbonyl (C=O) groups excluding carboxylic acids is 6. The number of amides is 5. The molecule has 0 aliphatic carbocycles. The van der Waals surface area contributed by atoms with Crippen molar-refractivity contribution in [3.05, 3.63) is 73.2 Å². The minimum atomic E-state index is -1.01. The van der Waals surface area contributed by atoms with Gasteiger partial charge in [-0.3, -0.25) is 39.0 Å². The van der Waals surface area contributed by atoms with Gasteiger partial charge in [-0.05, 0) is 74.5 Å². The molecule has 262 valence electrons. The number of carbonyl (C=O) groups is 6. The molecule has 0 radical (unpaired) electrons. The Morgan fingerprint density at radius 3 is 2.06 bits per heavy atom. The van der Waals surface area contributed by atoms with Crippen LogP contribution >= 0.6 is 31.9 Å². The smallest absolute Gasteiger partial charge is 0.429 e. The van der Waals surface area contributed by atoms with E-state index >= 15 is 0 Å². The number of nitro groups is 1. The highest BCUT2D eigenvalue weighted by molar-refractivity contribution is 9.14. The van der Waals surface area contributed by atoms with E-state index < -0.39 is 52.7 Å². The van der Waals surface area contributed by atoms with Crippen LogP contribution in [0.3, 0.4) is 0 Å². The van der Waals surface area contributed by atoms with Gasteiger partial charge in [0.2, 0.25) is 17.7 Å². The fourth-order valence-electron chi connectivity index (χ4n) is 4.13. The summed E-state index contributed by atoms with van der Waals surface area (Å²) in [6.07, 6.45) is -1.09. The number of nitro benzene ring substituents is 1. The van der Waals surface area contributed by atoms with Gasteiger partial charge in [0, 0.05) is 24.2 Å². The van der Waals surface area contributed by atoms with Gasteiger partial charge in [-0.1, -0.05) is 26.0 Å². The Morgan fingerprint density at radius 1 is 0.878 bits per heavy atom. The molecule has 0 unspecified atom stereocenters. The SMILES string of the molecule is CC(C)[C@H](NC(=O)CCOCCN1C(=O)C(Br)=C(Br)C1=O)C(=O)N[C@@H](C)C(=O)Nc1ccc(COC(=O)Oc2ccc([N+](=O)[O-])cc2)cc1. The number of hydrogen-bond acceptors (Lipinski definition) is 11. The van der Waals surface area contributed by atoms with Crippen molar-refractivity contribution in [1.29, 1.82) is 0 Å². The zero-order valence-electron chi connectivity index (χ0n) is 26.5. The Bertz CT molecular complexity index is 1590. The molecule has 1 heterocycles. The lowest BCUT2D eigenvalue weighted by Gasteiger charge is -2.24. The summed E-state index contributed by atoms with van der Waals surface area (Å²) < 4.78 is 15.7. The molecule has 18 heteroatoms. The second-order valence-electron chi connectivity index (χ2n) is 10.8. The van der Waals surface area contributed by atoms with Crippen LogP contribution in [0.4, 0.5) is 16.2 Å². The zero-order chi connectivity index (χ0) is 36.2. The van der Waals surface area contributed by atoms with Gasteiger partial charge in [0.25, 0.3) is 17.5 Å². The number of nitrogens with zero attached hydrogens (tertiary/aromatic N) is 2. The summed E-state index contributed by atoms with van der Waals surface area (Å²) in [5.74, 6) is -2.75. The summed E-state index contributed by atoms with van der Waals surface area (Å²) in [7, 11) is 0. The maximum atomic E-state index is 13.0. The second-order valence-corrected chi connectivity index (χ2v) is 12.4. The molecule has 1 aliphatic rings. The first-order chi connectivity index (χ1) is 23.2. The lowest BCUT2D eigenvalue weighted by molar-refractivity contribution is -0.384. The molecular formula is C31H33Br2N5O11. The average Bonchev–Trinajstić information content (AvgIpc) is 3.24. The maximum Gasteiger partial charge on any atom is 0.514 e. The molecule has 0 spiro atoms. The van der Waals surface area contributed by atoms with Gasteiger partial charge in [0.15, 0.2) is 0 Å². The Kier molecular flexibility index (Phi) is 14.4. The molecule has 0 bridgehead atoms. The molecule has 3 rings (SSSR count). The van der Waals surface area contributed by atoms with Gasteiger partial charge in [-0.25, -0.2) is 4.79 Å². The van der Waals surface area contributed by atoms with Crippen molar-refractivity contribution in [3.63, 3.8) is 0 Å². The Balaban J connectivity index is 1.38. The van der Waals surface area contributed by atoms with E-state index in [1.165, 1.54) is 31.2 Å². The van der Waals surface area contributed by atoms with Crippen LogP contribution in [-0.2, 0) is 40.1 Å². The van der Waals surface area contributed by atoms with E-state index in [0.29, 0.717) is 11.3 Å². The van der Waals surface area contributed by atoms with Crippen LogP contribution in [0.25, 0.3) is 0 Å². The Hall–Kier alpha value is -4.68. The lowest BCUT2D eigenvalue weighted by Crippen LogP contribution is -2.53. The van der Waals surface area contributed by atoms with Crippen molar-refractivity contribution in [2.75, 3.05) is 25.1 Å². The highest BCUT2D eigenvalue weighted by Gasteiger charge is 2.35. The van der Waals surface area contributed by atoms with Crippen molar-refractivity contribution in [1.82, 2.24) is 15.5 Å². The maximum absolute atomic E-state index is 13.0. The number of non-ortho nitro benzene ring substituents is 1. The first kappa shape index (κ1) is 38.8. The van der Waals surface area contributed by atoms with E-state index in [1.54, 1.807) is 38.1 Å². The first-order valence-electron chi connectivity index (χ1n) is 14.8. The van der Waals surface area contributed by atoms with Gasteiger partial charge in [0.05, 0.1) is 24.7 Å². The van der Waals surface area contributed by atoms with Crippen molar-refractivity contribution in [2.45, 2.75) is 45.9 Å². The number of ether oxygens (including phenoxy) is 3. The van der Waals surface area contributed by atoms with Gasteiger partial charge in [0.1, 0.15) is 33.4 Å². The second kappa shape index (κ2) is 18.2. The molecule has 2 aromatic carbocycles. The van der Waals surface area contributed by atoms with E-state index in [0.717, 1.165) is 4.90 Å². The topological polar surface area (TPSA) is 213 Å². The van der Waals surface area contributed by atoms with Crippen molar-refractivity contribution >= 4 is 78.9 Å². The molecule has 16 nitrogen and oxygen atoms in total. The molecule has 0 fully saturated rings. The largest absolute Gasteiger partial charge is 0.514 e. The molecule has 0 saturated heterocycles. The average molecular weight is 811 g/mol. The number of hydrogen-bond donors (Lipinski definition) is 3. The number of nitrogens with one attached hydrogen (secondary N) is 3. The third kappa shape index (κ3) is 11.5. The summed E-state index contributed by atoms with van der Waals surface area (Å²) in [6, 6.07) is 9.37. The summed E-state index contributed by atoms with van der Waals surface area (Å²) in [6.45, 7) is 4.82. The minimum absolute atomic E-state index is 0.00321. The third-order valence-corrected chi connectivity index (χ3v) is 8.84. The monoisotopic (exact) mass is 809 g/mol. The number of halogens is 2. The van der Waals surface area contributed by atoms with E-state index in [1.807, 2.05) is 0 Å². The minimum Gasteiger partial charge on any atom is -0.429 e. The van der Waals surface area contributed by atoms with Crippen LogP contribution in [0.5, 0.6) is 5.75 Å². The molecule has 0 aromatic heterocycles. The van der Waals surface area contributed by atoms with E-state index in [4.69, 9.17) is 14.2 Å². The third-order valence-electron chi connectivity index (χ3n) is 6.84.